The molecule has 0 bridgehead atoms. The van der Waals surface area contributed by atoms with Crippen molar-refractivity contribution < 1.29 is 15.3 Å². The van der Waals surface area contributed by atoms with Crippen LogP contribution in [0.15, 0.2) is 0 Å². The first-order valence-corrected chi connectivity index (χ1v) is 8.13. The van der Waals surface area contributed by atoms with Gasteiger partial charge in [-0.15, -0.1) is 0 Å². The van der Waals surface area contributed by atoms with Crippen molar-refractivity contribution in [2.45, 2.75) is 96.2 Å². The molecule has 0 saturated heterocycles. The Morgan fingerprint density at radius 2 is 1.00 bits per heavy atom. The van der Waals surface area contributed by atoms with E-state index in [-0.39, 0.29) is 12.7 Å². The maximum atomic E-state index is 9.17. The van der Waals surface area contributed by atoms with Crippen LogP contribution < -0.4 is 0 Å². The summed E-state index contributed by atoms with van der Waals surface area (Å²) in [4.78, 5) is 0. The minimum Gasteiger partial charge on any atom is -0.394 e. The predicted octanol–water partition coefficient (Wildman–Crippen LogP) is 3.40. The second kappa shape index (κ2) is 14.3. The number of hydrogen-bond acceptors (Lipinski definition) is 3. The summed E-state index contributed by atoms with van der Waals surface area (Å²) >= 11 is 0. The van der Waals surface area contributed by atoms with E-state index in [9.17, 15) is 5.11 Å². The highest BCUT2D eigenvalue weighted by atomic mass is 16.3. The minimum absolute atomic E-state index is 0.102. The molecule has 0 aromatic rings. The van der Waals surface area contributed by atoms with Gasteiger partial charge >= 0.3 is 0 Å². The number of aliphatic hydroxyl groups excluding tert-OH is 3. The topological polar surface area (TPSA) is 60.7 Å². The lowest BCUT2D eigenvalue weighted by Crippen LogP contribution is -2.10. The van der Waals surface area contributed by atoms with Crippen molar-refractivity contribution in [3.63, 3.8) is 0 Å². The second-order valence-electron chi connectivity index (χ2n) is 5.80. The minimum atomic E-state index is -0.512. The highest BCUT2D eigenvalue weighted by molar-refractivity contribution is 4.54. The van der Waals surface area contributed by atoms with Gasteiger partial charge in [-0.25, -0.2) is 0 Å². The van der Waals surface area contributed by atoms with E-state index in [2.05, 4.69) is 0 Å². The fourth-order valence-corrected chi connectivity index (χ4v) is 2.33. The van der Waals surface area contributed by atoms with Crippen LogP contribution in [0.4, 0.5) is 0 Å². The van der Waals surface area contributed by atoms with E-state index in [0.717, 1.165) is 25.7 Å². The van der Waals surface area contributed by atoms with Crippen LogP contribution in [0.25, 0.3) is 0 Å². The van der Waals surface area contributed by atoms with E-state index < -0.39 is 6.10 Å². The van der Waals surface area contributed by atoms with Crippen LogP contribution in [0.2, 0.25) is 0 Å². The van der Waals surface area contributed by atoms with Crippen molar-refractivity contribution in [2.75, 3.05) is 6.61 Å². The van der Waals surface area contributed by atoms with E-state index in [0.29, 0.717) is 0 Å². The van der Waals surface area contributed by atoms with Gasteiger partial charge in [-0.2, -0.15) is 0 Å². The number of rotatable bonds is 14. The van der Waals surface area contributed by atoms with Crippen molar-refractivity contribution in [3.8, 4) is 0 Å². The van der Waals surface area contributed by atoms with Gasteiger partial charge in [0, 0.05) is 0 Å². The first kappa shape index (κ1) is 18.9. The van der Waals surface area contributed by atoms with E-state index in [1.807, 2.05) is 6.92 Å². The summed E-state index contributed by atoms with van der Waals surface area (Å²) in [6.07, 6.45) is 13.5. The van der Waals surface area contributed by atoms with Gasteiger partial charge in [0.15, 0.2) is 0 Å². The molecule has 0 aliphatic rings. The molecule has 3 heteroatoms. The molecule has 0 radical (unpaired) electrons. The Morgan fingerprint density at radius 3 is 1.37 bits per heavy atom. The molecular weight excluding hydrogens is 240 g/mol. The molecule has 19 heavy (non-hydrogen) atoms. The summed E-state index contributed by atoms with van der Waals surface area (Å²) in [5, 5.41) is 26.9. The number of aliphatic hydroxyl groups is 3. The lowest BCUT2D eigenvalue weighted by atomic mass is 10.0. The zero-order valence-electron chi connectivity index (χ0n) is 12.7. The Bertz CT molecular complexity index is 171. The molecular formula is C16H34O3. The highest BCUT2D eigenvalue weighted by Crippen LogP contribution is 2.12. The van der Waals surface area contributed by atoms with Gasteiger partial charge in [0.25, 0.3) is 0 Å². The SMILES string of the molecule is CC(O)CCCCCCCCCCCCC(O)CO. The molecule has 0 rings (SSSR count). The Hall–Kier alpha value is -0.120. The molecule has 116 valence electrons. The molecule has 0 spiro atoms. The van der Waals surface area contributed by atoms with Crippen molar-refractivity contribution in [2.24, 2.45) is 0 Å². The van der Waals surface area contributed by atoms with Gasteiger partial charge < -0.3 is 15.3 Å². The molecule has 3 N–H and O–H groups in total. The Balaban J connectivity index is 2.99. The standard InChI is InChI=1S/C16H34O3/c1-15(18)12-10-8-6-4-2-3-5-7-9-11-13-16(19)14-17/h15-19H,2-14H2,1H3. The zero-order chi connectivity index (χ0) is 14.3. The van der Waals surface area contributed by atoms with Crippen LogP contribution in [0.5, 0.6) is 0 Å². The first-order valence-electron chi connectivity index (χ1n) is 8.13. The zero-order valence-corrected chi connectivity index (χ0v) is 12.7. The molecule has 3 nitrogen and oxygen atoms in total. The van der Waals surface area contributed by atoms with Crippen LogP contribution in [0, 0.1) is 0 Å². The van der Waals surface area contributed by atoms with Crippen molar-refractivity contribution in [3.05, 3.63) is 0 Å². The van der Waals surface area contributed by atoms with Gasteiger partial charge in [0.2, 0.25) is 0 Å². The van der Waals surface area contributed by atoms with Crippen LogP contribution in [-0.4, -0.2) is 34.1 Å². The van der Waals surface area contributed by atoms with Crippen molar-refractivity contribution in [1.82, 2.24) is 0 Å². The summed E-state index contributed by atoms with van der Waals surface area (Å²) in [6.45, 7) is 1.76. The fourth-order valence-electron chi connectivity index (χ4n) is 2.33. The molecule has 0 aliphatic heterocycles. The Labute approximate surface area is 119 Å². The molecule has 0 saturated carbocycles. The van der Waals surface area contributed by atoms with E-state index in [1.54, 1.807) is 0 Å². The maximum Gasteiger partial charge on any atom is 0.0770 e. The Kier molecular flexibility index (Phi) is 14.2. The van der Waals surface area contributed by atoms with Crippen LogP contribution in [-0.2, 0) is 0 Å². The molecule has 0 amide bonds. The smallest absolute Gasteiger partial charge is 0.0770 e. The normalized spacial score (nSPS) is 14.5. The monoisotopic (exact) mass is 274 g/mol. The first-order chi connectivity index (χ1) is 9.16. The molecule has 0 aromatic heterocycles. The molecule has 0 aromatic carbocycles. The summed E-state index contributed by atoms with van der Waals surface area (Å²) < 4.78 is 0. The summed E-state index contributed by atoms with van der Waals surface area (Å²) in [6, 6.07) is 0. The Morgan fingerprint density at radius 1 is 0.632 bits per heavy atom. The van der Waals surface area contributed by atoms with Gasteiger partial charge in [0.05, 0.1) is 18.8 Å². The third-order valence-electron chi connectivity index (χ3n) is 3.62. The highest BCUT2D eigenvalue weighted by Gasteiger charge is 2.00. The average molecular weight is 274 g/mol. The van der Waals surface area contributed by atoms with Crippen LogP contribution in [0.3, 0.4) is 0 Å². The predicted molar refractivity (Wildman–Crippen MR) is 80.2 cm³/mol. The summed E-state index contributed by atoms with van der Waals surface area (Å²) in [5.74, 6) is 0. The van der Waals surface area contributed by atoms with Gasteiger partial charge in [-0.05, 0) is 19.8 Å². The van der Waals surface area contributed by atoms with Crippen molar-refractivity contribution in [1.29, 1.82) is 0 Å². The van der Waals surface area contributed by atoms with Gasteiger partial charge in [0.1, 0.15) is 0 Å². The quantitative estimate of drug-likeness (QED) is 0.425. The third kappa shape index (κ3) is 15.8. The van der Waals surface area contributed by atoms with Gasteiger partial charge in [-0.3, -0.25) is 0 Å². The summed E-state index contributed by atoms with van der Waals surface area (Å²) in [7, 11) is 0. The van der Waals surface area contributed by atoms with E-state index >= 15 is 0 Å². The molecule has 0 heterocycles. The van der Waals surface area contributed by atoms with Crippen molar-refractivity contribution >= 4 is 0 Å². The average Bonchev–Trinajstić information content (AvgIpc) is 2.39. The van der Waals surface area contributed by atoms with Gasteiger partial charge in [-0.1, -0.05) is 64.2 Å². The second-order valence-corrected chi connectivity index (χ2v) is 5.80. The van der Waals surface area contributed by atoms with Crippen LogP contribution >= 0.6 is 0 Å². The molecule has 2 unspecified atom stereocenters. The molecule has 0 aliphatic carbocycles. The lowest BCUT2D eigenvalue weighted by molar-refractivity contribution is 0.0860. The summed E-state index contributed by atoms with van der Waals surface area (Å²) in [5.41, 5.74) is 0. The third-order valence-corrected chi connectivity index (χ3v) is 3.62. The van der Waals surface area contributed by atoms with E-state index in [1.165, 1.54) is 51.4 Å². The lowest BCUT2D eigenvalue weighted by Gasteiger charge is -2.06. The van der Waals surface area contributed by atoms with Crippen LogP contribution in [0.1, 0.15) is 84.0 Å². The van der Waals surface area contributed by atoms with E-state index in [4.69, 9.17) is 10.2 Å². The molecule has 0 fully saturated rings. The maximum absolute atomic E-state index is 9.17. The fraction of sp³-hybridized carbons (Fsp3) is 1.00. The number of unbranched alkanes of at least 4 members (excludes halogenated alkanes) is 9. The largest absolute Gasteiger partial charge is 0.394 e. The molecule has 2 atom stereocenters. The number of hydrogen-bond donors (Lipinski definition) is 3.